The Morgan fingerprint density at radius 2 is 1.60 bits per heavy atom. The summed E-state index contributed by atoms with van der Waals surface area (Å²) < 4.78 is 35.7. The third-order valence-electron chi connectivity index (χ3n) is 13.6. The molecule has 0 aromatic heterocycles. The highest BCUT2D eigenvalue weighted by atomic mass is 16.7. The third-order valence-corrected chi connectivity index (χ3v) is 13.6. The number of piperidine rings is 1. The van der Waals surface area contributed by atoms with Gasteiger partial charge in [-0.25, -0.2) is 4.79 Å². The Kier molecular flexibility index (Phi) is 18.9. The van der Waals surface area contributed by atoms with Gasteiger partial charge in [0.15, 0.2) is 0 Å². The number of carbonyl (C=O) groups is 4. The molecule has 1 saturated carbocycles. The van der Waals surface area contributed by atoms with Crippen LogP contribution in [0.25, 0.3) is 0 Å². The molecule has 15 heteroatoms. The second kappa shape index (κ2) is 22.7. The van der Waals surface area contributed by atoms with Crippen LogP contribution in [0.2, 0.25) is 0 Å². The minimum atomic E-state index is -2.58. The van der Waals surface area contributed by atoms with E-state index in [2.05, 4.69) is 0 Å². The molecule has 15 atom stereocenters. The first kappa shape index (κ1) is 50.0. The van der Waals surface area contributed by atoms with Crippen LogP contribution in [0.1, 0.15) is 106 Å². The molecule has 60 heavy (non-hydrogen) atoms. The lowest BCUT2D eigenvalue weighted by Crippen LogP contribution is -2.64. The predicted molar refractivity (Wildman–Crippen MR) is 220 cm³/mol. The average Bonchev–Trinajstić information content (AvgIpc) is 3.24. The molecule has 0 radical (unpaired) electrons. The number of Topliss-reactive ketones (excluding diaryl/α,β-unsaturated/α-hetero) is 2. The molecule has 4 rings (SSSR count). The Bertz CT molecular complexity index is 1520. The maximum atomic E-state index is 14.4. The first-order valence-electron chi connectivity index (χ1n) is 22.0. The number of amides is 1. The zero-order valence-electron chi connectivity index (χ0n) is 37.2. The number of esters is 1. The molecular weight excluding hydrogens is 778 g/mol. The summed E-state index contributed by atoms with van der Waals surface area (Å²) in [6, 6.07) is -1.17. The van der Waals surface area contributed by atoms with E-state index in [9.17, 15) is 39.6 Å². The lowest BCUT2D eigenvalue weighted by Gasteiger charge is -2.47. The number of aliphatic hydroxyl groups excluding tert-OH is 3. The molecule has 0 unspecified atom stereocenters. The zero-order valence-corrected chi connectivity index (χ0v) is 37.2. The molecule has 3 heterocycles. The molecule has 4 aliphatic rings. The van der Waals surface area contributed by atoms with Crippen LogP contribution in [0.3, 0.4) is 0 Å². The summed E-state index contributed by atoms with van der Waals surface area (Å²) in [6.45, 7) is 10.7. The van der Waals surface area contributed by atoms with Gasteiger partial charge in [0.25, 0.3) is 11.7 Å². The maximum absolute atomic E-state index is 14.4. The molecule has 15 nitrogen and oxygen atoms in total. The van der Waals surface area contributed by atoms with Crippen molar-refractivity contribution in [3.63, 3.8) is 0 Å². The maximum Gasteiger partial charge on any atom is 0.329 e. The van der Waals surface area contributed by atoms with Gasteiger partial charge in [0.1, 0.15) is 24.0 Å². The fraction of sp³-hybridized carbons (Fsp3) is 0.822. The Hall–Kier alpha value is -2.60. The van der Waals surface area contributed by atoms with E-state index < -0.39 is 89.8 Å². The number of aliphatic hydroxyl groups is 4. The lowest BCUT2D eigenvalue weighted by molar-refractivity contribution is -0.302. The Morgan fingerprint density at radius 3 is 2.23 bits per heavy atom. The molecule has 4 N–H and O–H groups in total. The Balaban J connectivity index is 1.77. The van der Waals surface area contributed by atoms with Crippen LogP contribution in [-0.4, -0.2) is 151 Å². The number of ketones is 2. The minimum absolute atomic E-state index is 0.00649. The molecular formula is C45H73NO14. The minimum Gasteiger partial charge on any atom is -0.456 e. The van der Waals surface area contributed by atoms with Gasteiger partial charge in [0, 0.05) is 52.0 Å². The van der Waals surface area contributed by atoms with Gasteiger partial charge in [0.05, 0.1) is 49.8 Å². The molecule has 1 amide bonds. The Labute approximate surface area is 356 Å². The third kappa shape index (κ3) is 11.7. The molecule has 0 aromatic rings. The van der Waals surface area contributed by atoms with Gasteiger partial charge in [-0.1, -0.05) is 39.8 Å². The topological polar surface area (TPSA) is 208 Å². The van der Waals surface area contributed by atoms with Crippen LogP contribution >= 0.6 is 0 Å². The van der Waals surface area contributed by atoms with Crippen molar-refractivity contribution in [2.75, 3.05) is 41.1 Å². The highest BCUT2D eigenvalue weighted by Crippen LogP contribution is 2.39. The van der Waals surface area contributed by atoms with E-state index in [0.717, 1.165) is 11.3 Å². The van der Waals surface area contributed by atoms with E-state index >= 15 is 0 Å². The van der Waals surface area contributed by atoms with E-state index in [1.165, 1.54) is 14.2 Å². The van der Waals surface area contributed by atoms with E-state index in [4.69, 9.17) is 28.4 Å². The van der Waals surface area contributed by atoms with Gasteiger partial charge in [-0.2, -0.15) is 0 Å². The summed E-state index contributed by atoms with van der Waals surface area (Å²) in [5.74, 6) is -8.59. The van der Waals surface area contributed by atoms with Crippen molar-refractivity contribution in [3.05, 3.63) is 23.3 Å². The number of rotatable bonds is 9. The first-order chi connectivity index (χ1) is 28.4. The fourth-order valence-corrected chi connectivity index (χ4v) is 9.69. The summed E-state index contributed by atoms with van der Waals surface area (Å²) >= 11 is 0. The van der Waals surface area contributed by atoms with Gasteiger partial charge in [-0.15, -0.1) is 0 Å². The van der Waals surface area contributed by atoms with Crippen molar-refractivity contribution < 1.29 is 68.0 Å². The number of hydrogen-bond donors (Lipinski definition) is 4. The van der Waals surface area contributed by atoms with Crippen LogP contribution in [-0.2, 0) is 47.6 Å². The Morgan fingerprint density at radius 1 is 0.933 bits per heavy atom. The molecule has 2 saturated heterocycles. The van der Waals surface area contributed by atoms with Crippen molar-refractivity contribution in [3.8, 4) is 0 Å². The lowest BCUT2D eigenvalue weighted by atomic mass is 9.81. The summed E-state index contributed by atoms with van der Waals surface area (Å²) in [5.41, 5.74) is 1.20. The SMILES string of the molecule is CC[C@@H]1/C=C(\C)[C@@H](O)[C@H](C)C[C@H](OC)[C@H]2O[C@@](O)(C(=O)C(=O)N3CCCC[C@H]3C(=O)O[C@H](/C(C)=C/[C@@H]3CC[C@@H](OCCO)[C@H](OC)C3)[C@H](C)[C@@H](O)CC1=O)[C@H](C)C[C@@H]2OC. The number of ether oxygens (including phenoxy) is 6. The standard InChI is InChI=1S/C45H73NO14/c1-10-31-20-25(2)39(50)26(3)21-37(56-8)41-38(57-9)22-28(5)45(54,60-41)42(51)43(52)46-16-12-11-13-32(46)44(53)59-40(29(6)33(48)24-34(31)49)27(4)19-30-14-15-35(58-18-17-47)36(23-30)55-7/h19-20,26,28-33,35-41,47-48,50,54H,10-18,21-24H2,1-9H3/b25-20+,27-19+/t26-,28-,29-,30+,31-,32+,33+,35-,36-,37+,38+,39-,40-,41-,45-/m1/s1. The second-order valence-electron chi connectivity index (χ2n) is 17.7. The van der Waals surface area contributed by atoms with Gasteiger partial charge in [0.2, 0.25) is 5.79 Å². The quantitative estimate of drug-likeness (QED) is 0.149. The normalized spacial score (nSPS) is 40.9. The molecule has 0 spiro atoms. The van der Waals surface area contributed by atoms with Crippen LogP contribution in [0, 0.1) is 29.6 Å². The average molecular weight is 852 g/mol. The number of fused-ring (bicyclic) bond motifs is 3. The molecule has 0 aromatic carbocycles. The molecule has 3 aliphatic heterocycles. The van der Waals surface area contributed by atoms with Crippen LogP contribution in [0.4, 0.5) is 0 Å². The van der Waals surface area contributed by atoms with Gasteiger partial charge >= 0.3 is 5.97 Å². The van der Waals surface area contributed by atoms with Crippen molar-refractivity contribution >= 4 is 23.4 Å². The molecule has 342 valence electrons. The van der Waals surface area contributed by atoms with E-state index in [-0.39, 0.29) is 69.4 Å². The van der Waals surface area contributed by atoms with E-state index in [1.54, 1.807) is 34.0 Å². The second-order valence-corrected chi connectivity index (χ2v) is 17.7. The van der Waals surface area contributed by atoms with Crippen molar-refractivity contribution in [1.29, 1.82) is 0 Å². The number of cyclic esters (lactones) is 1. The van der Waals surface area contributed by atoms with Gasteiger partial charge < -0.3 is 53.7 Å². The highest BCUT2D eigenvalue weighted by Gasteiger charge is 2.56. The summed E-state index contributed by atoms with van der Waals surface area (Å²) in [7, 11) is 4.55. The summed E-state index contributed by atoms with van der Waals surface area (Å²) in [4.78, 5) is 58.0. The number of methoxy groups -OCH3 is 3. The van der Waals surface area contributed by atoms with E-state index in [0.29, 0.717) is 43.3 Å². The summed E-state index contributed by atoms with van der Waals surface area (Å²) in [5, 5.41) is 44.6. The van der Waals surface area contributed by atoms with Gasteiger partial charge in [-0.3, -0.25) is 14.4 Å². The van der Waals surface area contributed by atoms with Crippen LogP contribution in [0.5, 0.6) is 0 Å². The van der Waals surface area contributed by atoms with Crippen molar-refractivity contribution in [2.45, 2.75) is 166 Å². The molecule has 2 bridgehead atoms. The zero-order chi connectivity index (χ0) is 44.5. The monoisotopic (exact) mass is 852 g/mol. The first-order valence-corrected chi connectivity index (χ1v) is 22.0. The molecule has 3 fully saturated rings. The number of allylic oxidation sites excluding steroid dienone is 2. The summed E-state index contributed by atoms with van der Waals surface area (Å²) in [6.07, 6.45) is 1.44. The predicted octanol–water partition coefficient (Wildman–Crippen LogP) is 3.46. The van der Waals surface area contributed by atoms with Crippen molar-refractivity contribution in [2.24, 2.45) is 29.6 Å². The van der Waals surface area contributed by atoms with Crippen LogP contribution < -0.4 is 0 Å². The smallest absolute Gasteiger partial charge is 0.329 e. The highest BCUT2D eigenvalue weighted by molar-refractivity contribution is 6.39. The number of carbonyl (C=O) groups excluding carboxylic acids is 4. The molecule has 1 aliphatic carbocycles. The fourth-order valence-electron chi connectivity index (χ4n) is 9.69. The van der Waals surface area contributed by atoms with Gasteiger partial charge in [-0.05, 0) is 94.6 Å². The largest absolute Gasteiger partial charge is 0.456 e. The van der Waals surface area contributed by atoms with Crippen LogP contribution in [0.15, 0.2) is 23.3 Å². The van der Waals surface area contributed by atoms with E-state index in [1.807, 2.05) is 26.8 Å². The number of hydrogen-bond acceptors (Lipinski definition) is 14. The number of nitrogens with zero attached hydrogens (tertiary/aromatic N) is 1. The van der Waals surface area contributed by atoms with Crippen molar-refractivity contribution in [1.82, 2.24) is 4.90 Å².